The highest BCUT2D eigenvalue weighted by Gasteiger charge is 2.30. The first-order valence-electron chi connectivity index (χ1n) is 8.62. The van der Waals surface area contributed by atoms with Crippen LogP contribution in [-0.2, 0) is 12.6 Å². The second-order valence-corrected chi connectivity index (χ2v) is 6.68. The van der Waals surface area contributed by atoms with Crippen molar-refractivity contribution in [1.82, 2.24) is 0 Å². The van der Waals surface area contributed by atoms with Gasteiger partial charge in [-0.05, 0) is 73.6 Å². The molecule has 0 saturated carbocycles. The summed E-state index contributed by atoms with van der Waals surface area (Å²) in [6.07, 6.45) is -0.264. The van der Waals surface area contributed by atoms with Gasteiger partial charge in [0.2, 0.25) is 0 Å². The predicted octanol–water partition coefficient (Wildman–Crippen LogP) is 5.26. The number of piperidine rings is 1. The van der Waals surface area contributed by atoms with Gasteiger partial charge in [0.15, 0.2) is 0 Å². The largest absolute Gasteiger partial charge is 0.508 e. The molecule has 1 saturated heterocycles. The molecular weight excluding hydrogens is 327 g/mol. The van der Waals surface area contributed by atoms with E-state index in [-0.39, 0.29) is 5.75 Å². The zero-order valence-corrected chi connectivity index (χ0v) is 14.0. The van der Waals surface area contributed by atoms with Crippen molar-refractivity contribution in [2.24, 2.45) is 5.92 Å². The third-order valence-electron chi connectivity index (χ3n) is 4.95. The van der Waals surface area contributed by atoms with E-state index in [1.165, 1.54) is 12.1 Å². The van der Waals surface area contributed by atoms with Gasteiger partial charge in [-0.15, -0.1) is 0 Å². The minimum atomic E-state index is -4.26. The van der Waals surface area contributed by atoms with E-state index in [1.807, 2.05) is 12.1 Å². The molecule has 2 nitrogen and oxygen atoms in total. The Morgan fingerprint density at radius 3 is 2.08 bits per heavy atom. The van der Waals surface area contributed by atoms with Crippen molar-refractivity contribution >= 4 is 5.69 Å². The van der Waals surface area contributed by atoms with Gasteiger partial charge in [-0.3, -0.25) is 0 Å². The molecule has 3 rings (SSSR count). The van der Waals surface area contributed by atoms with E-state index in [0.29, 0.717) is 5.92 Å². The van der Waals surface area contributed by atoms with Gasteiger partial charge in [0.05, 0.1) is 5.56 Å². The molecular formula is C20H22F3NO. The second kappa shape index (κ2) is 7.38. The highest BCUT2D eigenvalue weighted by molar-refractivity contribution is 5.49. The fourth-order valence-electron chi connectivity index (χ4n) is 3.37. The number of halogens is 3. The molecule has 1 heterocycles. The van der Waals surface area contributed by atoms with E-state index in [1.54, 1.807) is 24.3 Å². The van der Waals surface area contributed by atoms with Gasteiger partial charge in [0.25, 0.3) is 0 Å². The first kappa shape index (κ1) is 17.6. The number of hydrogen-bond acceptors (Lipinski definition) is 2. The summed E-state index contributed by atoms with van der Waals surface area (Å²) in [5, 5.41) is 9.36. The van der Waals surface area contributed by atoms with Gasteiger partial charge in [-0.25, -0.2) is 0 Å². The molecule has 1 fully saturated rings. The molecule has 0 atom stereocenters. The van der Waals surface area contributed by atoms with Gasteiger partial charge in [0.1, 0.15) is 5.75 Å². The number of rotatable bonds is 4. The van der Waals surface area contributed by atoms with Crippen molar-refractivity contribution in [1.29, 1.82) is 0 Å². The Morgan fingerprint density at radius 2 is 1.52 bits per heavy atom. The molecule has 0 radical (unpaired) electrons. The fraction of sp³-hybridized carbons (Fsp3) is 0.400. The molecule has 0 spiro atoms. The number of alkyl halides is 3. The van der Waals surface area contributed by atoms with Crippen molar-refractivity contribution in [3.05, 3.63) is 59.7 Å². The maximum atomic E-state index is 12.6. The fourth-order valence-corrected chi connectivity index (χ4v) is 3.37. The lowest BCUT2D eigenvalue weighted by Crippen LogP contribution is -2.33. The summed E-state index contributed by atoms with van der Waals surface area (Å²) in [5.74, 6) is 0.880. The summed E-state index contributed by atoms with van der Waals surface area (Å²) in [4.78, 5) is 2.31. The van der Waals surface area contributed by atoms with Crippen LogP contribution in [0.2, 0.25) is 0 Å². The van der Waals surface area contributed by atoms with Gasteiger partial charge in [-0.2, -0.15) is 13.2 Å². The quantitative estimate of drug-likeness (QED) is 0.814. The highest BCUT2D eigenvalue weighted by atomic mass is 19.4. The average molecular weight is 349 g/mol. The normalized spacial score (nSPS) is 16.2. The average Bonchev–Trinajstić information content (AvgIpc) is 2.61. The van der Waals surface area contributed by atoms with E-state index in [0.717, 1.165) is 50.0 Å². The molecule has 5 heteroatoms. The van der Waals surface area contributed by atoms with Gasteiger partial charge in [0, 0.05) is 18.8 Å². The lowest BCUT2D eigenvalue weighted by atomic mass is 9.90. The van der Waals surface area contributed by atoms with E-state index >= 15 is 0 Å². The SMILES string of the molecule is Oc1ccc(N2CCC(CCc3ccc(C(F)(F)F)cc3)CC2)cc1. The maximum absolute atomic E-state index is 12.6. The summed E-state index contributed by atoms with van der Waals surface area (Å²) in [7, 11) is 0. The summed E-state index contributed by atoms with van der Waals surface area (Å²) in [6.45, 7) is 1.95. The molecule has 1 aliphatic heterocycles. The molecule has 1 aliphatic rings. The number of phenols is 1. The Labute approximate surface area is 145 Å². The van der Waals surface area contributed by atoms with Crippen LogP contribution in [0.1, 0.15) is 30.4 Å². The number of nitrogens with zero attached hydrogens (tertiary/aromatic N) is 1. The molecule has 134 valence electrons. The Bertz CT molecular complexity index is 672. The number of benzene rings is 2. The van der Waals surface area contributed by atoms with E-state index < -0.39 is 11.7 Å². The van der Waals surface area contributed by atoms with Crippen LogP contribution >= 0.6 is 0 Å². The summed E-state index contributed by atoms with van der Waals surface area (Å²) in [5.41, 5.74) is 1.51. The second-order valence-electron chi connectivity index (χ2n) is 6.68. The Hall–Kier alpha value is -2.17. The molecule has 0 bridgehead atoms. The number of aromatic hydroxyl groups is 1. The van der Waals surface area contributed by atoms with Crippen LogP contribution in [0.3, 0.4) is 0 Å². The first-order valence-corrected chi connectivity index (χ1v) is 8.62. The summed E-state index contributed by atoms with van der Waals surface area (Å²) >= 11 is 0. The summed E-state index contributed by atoms with van der Waals surface area (Å²) < 4.78 is 37.7. The number of anilines is 1. The molecule has 2 aromatic carbocycles. The lowest BCUT2D eigenvalue weighted by Gasteiger charge is -2.33. The third kappa shape index (κ3) is 4.68. The van der Waals surface area contributed by atoms with E-state index in [2.05, 4.69) is 4.90 Å². The molecule has 1 N–H and O–H groups in total. The van der Waals surface area contributed by atoms with Crippen molar-refractivity contribution < 1.29 is 18.3 Å². The van der Waals surface area contributed by atoms with E-state index in [9.17, 15) is 18.3 Å². The van der Waals surface area contributed by atoms with Crippen molar-refractivity contribution in [2.75, 3.05) is 18.0 Å². The monoisotopic (exact) mass is 349 g/mol. The van der Waals surface area contributed by atoms with E-state index in [4.69, 9.17) is 0 Å². The van der Waals surface area contributed by atoms with Crippen LogP contribution in [0, 0.1) is 5.92 Å². The van der Waals surface area contributed by atoms with Crippen molar-refractivity contribution in [3.8, 4) is 5.75 Å². The molecule has 0 aliphatic carbocycles. The molecule has 0 amide bonds. The standard InChI is InChI=1S/C20H22F3NO/c21-20(22,23)17-5-3-15(4-6-17)1-2-16-11-13-24(14-12-16)18-7-9-19(25)10-8-18/h3-10,16,25H,1-2,11-14H2. The molecule has 2 aromatic rings. The third-order valence-corrected chi connectivity index (χ3v) is 4.95. The van der Waals surface area contributed by atoms with Crippen LogP contribution in [0.25, 0.3) is 0 Å². The van der Waals surface area contributed by atoms with Crippen LogP contribution in [0.5, 0.6) is 5.75 Å². The zero-order valence-electron chi connectivity index (χ0n) is 14.0. The highest BCUT2D eigenvalue weighted by Crippen LogP contribution is 2.30. The maximum Gasteiger partial charge on any atom is 0.416 e. The van der Waals surface area contributed by atoms with Crippen LogP contribution in [-0.4, -0.2) is 18.2 Å². The topological polar surface area (TPSA) is 23.5 Å². The Morgan fingerprint density at radius 1 is 0.920 bits per heavy atom. The van der Waals surface area contributed by atoms with Gasteiger partial charge in [-0.1, -0.05) is 12.1 Å². The molecule has 0 unspecified atom stereocenters. The minimum Gasteiger partial charge on any atom is -0.508 e. The Kier molecular flexibility index (Phi) is 5.21. The predicted molar refractivity (Wildman–Crippen MR) is 92.8 cm³/mol. The number of hydrogen-bond donors (Lipinski definition) is 1. The first-order chi connectivity index (χ1) is 11.9. The van der Waals surface area contributed by atoms with Gasteiger partial charge >= 0.3 is 6.18 Å². The van der Waals surface area contributed by atoms with Crippen LogP contribution < -0.4 is 4.90 Å². The van der Waals surface area contributed by atoms with Crippen LogP contribution in [0.4, 0.5) is 18.9 Å². The van der Waals surface area contributed by atoms with Crippen LogP contribution in [0.15, 0.2) is 48.5 Å². The minimum absolute atomic E-state index is 0.273. The number of aryl methyl sites for hydroxylation is 1. The van der Waals surface area contributed by atoms with Crippen molar-refractivity contribution in [2.45, 2.75) is 31.9 Å². The molecule has 0 aromatic heterocycles. The zero-order chi connectivity index (χ0) is 17.9. The van der Waals surface area contributed by atoms with Gasteiger partial charge < -0.3 is 10.0 Å². The van der Waals surface area contributed by atoms with Crippen molar-refractivity contribution in [3.63, 3.8) is 0 Å². The Balaban J connectivity index is 1.47. The lowest BCUT2D eigenvalue weighted by molar-refractivity contribution is -0.137. The summed E-state index contributed by atoms with van der Waals surface area (Å²) in [6, 6.07) is 12.8. The number of phenolic OH excluding ortho intramolecular Hbond substituents is 1. The smallest absolute Gasteiger partial charge is 0.416 e. The molecule has 25 heavy (non-hydrogen) atoms.